The molecule has 0 radical (unpaired) electrons. The van der Waals surface area contributed by atoms with Crippen LogP contribution < -0.4 is 4.74 Å². The largest absolute Gasteiger partial charge is 0.493 e. The molecule has 1 saturated carbocycles. The maximum absolute atomic E-state index is 13.1. The Hall–Kier alpha value is -1.93. The Morgan fingerprint density at radius 1 is 1.22 bits per heavy atom. The van der Waals surface area contributed by atoms with Gasteiger partial charge in [0.2, 0.25) is 15.9 Å². The topological polar surface area (TPSA) is 85.5 Å². The number of benzene rings is 1. The van der Waals surface area contributed by atoms with E-state index in [9.17, 15) is 8.42 Å². The van der Waals surface area contributed by atoms with Crippen LogP contribution in [0.2, 0.25) is 0 Å². The van der Waals surface area contributed by atoms with E-state index in [0.717, 1.165) is 49.2 Å². The van der Waals surface area contributed by atoms with Gasteiger partial charge in [-0.2, -0.15) is 9.29 Å². The van der Waals surface area contributed by atoms with Gasteiger partial charge in [-0.05, 0) is 55.4 Å². The molecule has 0 bridgehead atoms. The third-order valence-electron chi connectivity index (χ3n) is 5.67. The van der Waals surface area contributed by atoms with E-state index in [-0.39, 0.29) is 5.92 Å². The van der Waals surface area contributed by atoms with Crippen molar-refractivity contribution in [2.24, 2.45) is 5.92 Å². The third-order valence-corrected chi connectivity index (χ3v) is 7.53. The summed E-state index contributed by atoms with van der Waals surface area (Å²) in [5.41, 5.74) is 0.975. The lowest BCUT2D eigenvalue weighted by atomic mass is 9.96. The highest BCUT2D eigenvalue weighted by Crippen LogP contribution is 2.38. The second kappa shape index (κ2) is 6.60. The first kappa shape index (κ1) is 17.2. The van der Waals surface area contributed by atoms with Crippen LogP contribution in [0.15, 0.2) is 27.6 Å². The Labute approximate surface area is 158 Å². The number of nitrogens with zero attached hydrogens (tertiary/aromatic N) is 3. The molecule has 0 unspecified atom stereocenters. The van der Waals surface area contributed by atoms with Crippen LogP contribution in [0, 0.1) is 5.92 Å². The number of aromatic nitrogens is 2. The van der Waals surface area contributed by atoms with E-state index in [4.69, 9.17) is 9.26 Å². The van der Waals surface area contributed by atoms with Crippen molar-refractivity contribution in [1.29, 1.82) is 0 Å². The van der Waals surface area contributed by atoms with Crippen LogP contribution in [-0.2, 0) is 22.9 Å². The molecule has 2 aromatic rings. The van der Waals surface area contributed by atoms with Crippen LogP contribution in [0.3, 0.4) is 0 Å². The monoisotopic (exact) mass is 389 g/mol. The normalized spacial score (nSPS) is 23.2. The van der Waals surface area contributed by atoms with E-state index >= 15 is 0 Å². The van der Waals surface area contributed by atoms with E-state index < -0.39 is 10.0 Å². The Kier molecular flexibility index (Phi) is 4.20. The first-order valence-electron chi connectivity index (χ1n) is 9.68. The van der Waals surface area contributed by atoms with Gasteiger partial charge in [0.25, 0.3) is 0 Å². The lowest BCUT2D eigenvalue weighted by molar-refractivity contribution is 0.247. The summed E-state index contributed by atoms with van der Waals surface area (Å²) in [5.74, 6) is 2.92. The van der Waals surface area contributed by atoms with Gasteiger partial charge in [-0.1, -0.05) is 5.16 Å². The third kappa shape index (κ3) is 3.36. The minimum Gasteiger partial charge on any atom is -0.493 e. The molecule has 8 heteroatoms. The first-order valence-corrected chi connectivity index (χ1v) is 11.1. The van der Waals surface area contributed by atoms with Gasteiger partial charge in [0.15, 0.2) is 5.82 Å². The molecule has 1 aromatic heterocycles. The smallest absolute Gasteiger partial charge is 0.243 e. The number of rotatable bonds is 5. The quantitative estimate of drug-likeness (QED) is 0.781. The van der Waals surface area contributed by atoms with Crippen molar-refractivity contribution in [3.05, 3.63) is 35.5 Å². The summed E-state index contributed by atoms with van der Waals surface area (Å²) < 4.78 is 38.7. The molecule has 27 heavy (non-hydrogen) atoms. The highest BCUT2D eigenvalue weighted by molar-refractivity contribution is 7.89. The zero-order valence-corrected chi connectivity index (χ0v) is 16.0. The molecule has 0 N–H and O–H groups in total. The lowest BCUT2D eigenvalue weighted by Gasteiger charge is -2.31. The molecule has 0 spiro atoms. The van der Waals surface area contributed by atoms with Gasteiger partial charge in [0.05, 0.1) is 11.5 Å². The van der Waals surface area contributed by atoms with Crippen molar-refractivity contribution in [2.45, 2.75) is 49.3 Å². The Morgan fingerprint density at radius 2 is 2.11 bits per heavy atom. The fourth-order valence-electron chi connectivity index (χ4n) is 3.99. The van der Waals surface area contributed by atoms with Gasteiger partial charge < -0.3 is 9.26 Å². The van der Waals surface area contributed by atoms with Gasteiger partial charge in [-0.15, -0.1) is 0 Å². The first-order chi connectivity index (χ1) is 13.1. The lowest BCUT2D eigenvalue weighted by Crippen LogP contribution is -2.40. The molecule has 144 valence electrons. The zero-order valence-electron chi connectivity index (χ0n) is 15.1. The summed E-state index contributed by atoms with van der Waals surface area (Å²) in [6.45, 7) is 1.68. The molecule has 0 amide bonds. The molecule has 7 nitrogen and oxygen atoms in total. The standard InChI is InChI=1S/C19H23N3O4S/c23-27(24,16-5-6-17-15(11-16)7-9-25-17)22-8-1-2-13(12-22)10-18-20-19(21-26-18)14-3-4-14/h5-6,11,13-14H,1-4,7-10,12H2/t13-/m1/s1. The molecule has 2 fully saturated rings. The predicted octanol–water partition coefficient (Wildman–Crippen LogP) is 2.53. The van der Waals surface area contributed by atoms with E-state index in [2.05, 4.69) is 10.1 Å². The molecule has 1 atom stereocenters. The zero-order chi connectivity index (χ0) is 18.4. The van der Waals surface area contributed by atoms with E-state index in [0.29, 0.717) is 42.8 Å². The van der Waals surface area contributed by atoms with Gasteiger partial charge in [0.1, 0.15) is 5.75 Å². The van der Waals surface area contributed by atoms with Crippen LogP contribution in [0.25, 0.3) is 0 Å². The number of fused-ring (bicyclic) bond motifs is 1. The Morgan fingerprint density at radius 3 is 2.96 bits per heavy atom. The summed E-state index contributed by atoms with van der Waals surface area (Å²) in [4.78, 5) is 4.85. The minimum atomic E-state index is -3.50. The van der Waals surface area contributed by atoms with E-state index in [1.54, 1.807) is 22.5 Å². The van der Waals surface area contributed by atoms with Crippen molar-refractivity contribution < 1.29 is 17.7 Å². The van der Waals surface area contributed by atoms with E-state index in [1.807, 2.05) is 0 Å². The fourth-order valence-corrected chi connectivity index (χ4v) is 5.60. The highest BCUT2D eigenvalue weighted by atomic mass is 32.2. The molecule has 3 heterocycles. The second-order valence-corrected chi connectivity index (χ2v) is 9.70. The molecular weight excluding hydrogens is 366 g/mol. The molecular formula is C19H23N3O4S. The minimum absolute atomic E-state index is 0.207. The maximum Gasteiger partial charge on any atom is 0.243 e. The van der Waals surface area contributed by atoms with Crippen molar-refractivity contribution in [2.75, 3.05) is 19.7 Å². The summed E-state index contributed by atoms with van der Waals surface area (Å²) >= 11 is 0. The van der Waals surface area contributed by atoms with Crippen LogP contribution in [0.4, 0.5) is 0 Å². The summed E-state index contributed by atoms with van der Waals surface area (Å²) in [5, 5.41) is 4.06. The van der Waals surface area contributed by atoms with Crippen molar-refractivity contribution in [3.8, 4) is 5.75 Å². The number of piperidine rings is 1. The van der Waals surface area contributed by atoms with Crippen molar-refractivity contribution in [1.82, 2.24) is 14.4 Å². The number of hydrogen-bond acceptors (Lipinski definition) is 6. The van der Waals surface area contributed by atoms with Crippen LogP contribution in [-0.4, -0.2) is 42.6 Å². The average Bonchev–Trinajstić information content (AvgIpc) is 3.23. The second-order valence-electron chi connectivity index (χ2n) is 7.76. The SMILES string of the molecule is O=S(=O)(c1ccc2c(c1)CCO2)N1CCC[C@H](Cc2nc(C3CC3)no2)C1. The van der Waals surface area contributed by atoms with Crippen LogP contribution >= 0.6 is 0 Å². The molecule has 3 aliphatic rings. The van der Waals surface area contributed by atoms with Gasteiger partial charge in [-0.3, -0.25) is 0 Å². The molecule has 1 aromatic carbocycles. The number of sulfonamides is 1. The predicted molar refractivity (Wildman–Crippen MR) is 97.1 cm³/mol. The average molecular weight is 389 g/mol. The van der Waals surface area contributed by atoms with Crippen LogP contribution in [0.5, 0.6) is 5.75 Å². The number of ether oxygens (including phenoxy) is 1. The van der Waals surface area contributed by atoms with Crippen molar-refractivity contribution >= 4 is 10.0 Å². The maximum atomic E-state index is 13.1. The molecule has 1 aliphatic carbocycles. The summed E-state index contributed by atoms with van der Waals surface area (Å²) in [6.07, 6.45) is 5.51. The summed E-state index contributed by atoms with van der Waals surface area (Å²) in [7, 11) is -3.50. The van der Waals surface area contributed by atoms with E-state index in [1.165, 1.54) is 0 Å². The Balaban J connectivity index is 1.30. The molecule has 2 aliphatic heterocycles. The Bertz CT molecular complexity index is 952. The van der Waals surface area contributed by atoms with Gasteiger partial charge in [-0.25, -0.2) is 8.42 Å². The van der Waals surface area contributed by atoms with Gasteiger partial charge in [0, 0.05) is 31.8 Å². The molecule has 1 saturated heterocycles. The summed E-state index contributed by atoms with van der Waals surface area (Å²) in [6, 6.07) is 5.19. The molecule has 5 rings (SSSR count). The number of hydrogen-bond donors (Lipinski definition) is 0. The fraction of sp³-hybridized carbons (Fsp3) is 0.579. The highest BCUT2D eigenvalue weighted by Gasteiger charge is 2.33. The van der Waals surface area contributed by atoms with Crippen molar-refractivity contribution in [3.63, 3.8) is 0 Å². The van der Waals surface area contributed by atoms with Gasteiger partial charge >= 0.3 is 0 Å². The van der Waals surface area contributed by atoms with Crippen LogP contribution in [0.1, 0.15) is 48.9 Å².